The van der Waals surface area contributed by atoms with E-state index in [4.69, 9.17) is 14.7 Å². The molecule has 1 aromatic heterocycles. The van der Waals surface area contributed by atoms with Crippen molar-refractivity contribution in [1.82, 2.24) is 9.97 Å². The predicted molar refractivity (Wildman–Crippen MR) is 89.5 cm³/mol. The van der Waals surface area contributed by atoms with E-state index in [0.29, 0.717) is 12.0 Å². The zero-order chi connectivity index (χ0) is 15.2. The van der Waals surface area contributed by atoms with Crippen molar-refractivity contribution in [3.63, 3.8) is 0 Å². The molecule has 0 saturated heterocycles. The highest BCUT2D eigenvalue weighted by Gasteiger charge is 2.21. The van der Waals surface area contributed by atoms with Gasteiger partial charge in [0.1, 0.15) is 11.6 Å². The fourth-order valence-corrected chi connectivity index (χ4v) is 3.62. The summed E-state index contributed by atoms with van der Waals surface area (Å²) >= 11 is 0. The molecule has 0 aliphatic heterocycles. The summed E-state index contributed by atoms with van der Waals surface area (Å²) in [7, 11) is 0. The minimum absolute atomic E-state index is 0.517. The van der Waals surface area contributed by atoms with Gasteiger partial charge in [-0.2, -0.15) is 4.98 Å². The number of nitrogens with one attached hydrogen (secondary N) is 1. The molecule has 0 unspecified atom stereocenters. The van der Waals surface area contributed by atoms with Crippen LogP contribution in [0.4, 0.5) is 5.82 Å². The van der Waals surface area contributed by atoms with E-state index in [9.17, 15) is 0 Å². The lowest BCUT2D eigenvalue weighted by Crippen LogP contribution is -2.18. The number of rotatable bonds is 6. The lowest BCUT2D eigenvalue weighted by Gasteiger charge is -2.22. The molecule has 0 amide bonds. The molecule has 0 spiro atoms. The number of anilines is 1. The fraction of sp³-hybridized carbons (Fsp3) is 0.778. The van der Waals surface area contributed by atoms with E-state index in [1.165, 1.54) is 57.8 Å². The summed E-state index contributed by atoms with van der Waals surface area (Å²) in [5.74, 6) is 3.23. The van der Waals surface area contributed by atoms with Crippen molar-refractivity contribution in [1.29, 1.82) is 0 Å². The van der Waals surface area contributed by atoms with Gasteiger partial charge in [0.2, 0.25) is 5.88 Å². The van der Waals surface area contributed by atoms with Gasteiger partial charge in [0.05, 0.1) is 6.61 Å². The van der Waals surface area contributed by atoms with Crippen LogP contribution in [0.15, 0.2) is 6.07 Å². The van der Waals surface area contributed by atoms with Crippen molar-refractivity contribution in [2.24, 2.45) is 0 Å². The van der Waals surface area contributed by atoms with Crippen LogP contribution >= 0.6 is 0 Å². The van der Waals surface area contributed by atoms with Gasteiger partial charge in [0, 0.05) is 18.0 Å². The lowest BCUT2D eigenvalue weighted by molar-refractivity contribution is 0.301. The van der Waals surface area contributed by atoms with Gasteiger partial charge < -0.3 is 10.1 Å². The first-order valence-electron chi connectivity index (χ1n) is 9.13. The molecule has 0 atom stereocenters. The van der Waals surface area contributed by atoms with Gasteiger partial charge in [-0.05, 0) is 32.1 Å². The topological polar surface area (TPSA) is 47.0 Å². The Balaban J connectivity index is 1.76. The Morgan fingerprint density at radius 3 is 2.50 bits per heavy atom. The molecular formula is C18H29N3O. The van der Waals surface area contributed by atoms with E-state index in [1.54, 1.807) is 0 Å². The molecule has 4 heteroatoms. The van der Waals surface area contributed by atoms with Crippen LogP contribution < -0.4 is 10.1 Å². The predicted octanol–water partition coefficient (Wildman–Crippen LogP) is 4.67. The van der Waals surface area contributed by atoms with Gasteiger partial charge in [0.15, 0.2) is 0 Å². The number of hydrogen-bond donors (Lipinski definition) is 1. The smallest absolute Gasteiger partial charge is 0.218 e. The molecule has 122 valence electrons. The summed E-state index contributed by atoms with van der Waals surface area (Å²) in [6.45, 7) is 2.85. The second kappa shape index (κ2) is 7.80. The Labute approximate surface area is 134 Å². The van der Waals surface area contributed by atoms with Gasteiger partial charge >= 0.3 is 0 Å². The molecule has 1 aromatic rings. The van der Waals surface area contributed by atoms with Gasteiger partial charge in [-0.3, -0.25) is 0 Å². The van der Waals surface area contributed by atoms with Crippen LogP contribution in [0.5, 0.6) is 5.88 Å². The highest BCUT2D eigenvalue weighted by molar-refractivity contribution is 5.40. The first-order valence-corrected chi connectivity index (χ1v) is 9.13. The molecule has 0 aromatic carbocycles. The Bertz CT molecular complexity index is 465. The van der Waals surface area contributed by atoms with Crippen molar-refractivity contribution < 1.29 is 4.74 Å². The molecule has 2 aliphatic rings. The third-order valence-corrected chi connectivity index (χ3v) is 4.85. The van der Waals surface area contributed by atoms with E-state index in [0.717, 1.165) is 30.5 Å². The molecule has 0 radical (unpaired) electrons. The molecular weight excluding hydrogens is 274 g/mol. The number of aromatic nitrogens is 2. The molecule has 2 saturated carbocycles. The third kappa shape index (κ3) is 4.11. The molecule has 2 aliphatic carbocycles. The molecule has 1 heterocycles. The van der Waals surface area contributed by atoms with Gasteiger partial charge in [-0.1, -0.05) is 39.0 Å². The molecule has 4 nitrogen and oxygen atoms in total. The number of hydrogen-bond acceptors (Lipinski definition) is 4. The maximum atomic E-state index is 5.80. The van der Waals surface area contributed by atoms with Crippen molar-refractivity contribution in [3.05, 3.63) is 11.9 Å². The molecule has 0 bridgehead atoms. The van der Waals surface area contributed by atoms with Crippen LogP contribution in [0.2, 0.25) is 0 Å². The van der Waals surface area contributed by atoms with Gasteiger partial charge in [0.25, 0.3) is 0 Å². The van der Waals surface area contributed by atoms with Gasteiger partial charge in [-0.15, -0.1) is 0 Å². The SMILES string of the molecule is CCCOc1cc(NC2CCCC2)nc(C2CCCCC2)n1. The summed E-state index contributed by atoms with van der Waals surface area (Å²) in [6, 6.07) is 2.56. The number of ether oxygens (including phenoxy) is 1. The minimum Gasteiger partial charge on any atom is -0.478 e. The lowest BCUT2D eigenvalue weighted by atomic mass is 9.89. The van der Waals surface area contributed by atoms with E-state index in [-0.39, 0.29) is 0 Å². The molecule has 2 fully saturated rings. The molecule has 22 heavy (non-hydrogen) atoms. The summed E-state index contributed by atoms with van der Waals surface area (Å²) < 4.78 is 5.80. The highest BCUT2D eigenvalue weighted by Crippen LogP contribution is 2.32. The second-order valence-electron chi connectivity index (χ2n) is 6.76. The van der Waals surface area contributed by atoms with E-state index in [2.05, 4.69) is 12.2 Å². The van der Waals surface area contributed by atoms with Crippen LogP contribution in [-0.4, -0.2) is 22.6 Å². The normalized spacial score (nSPS) is 20.2. The minimum atomic E-state index is 0.517. The highest BCUT2D eigenvalue weighted by atomic mass is 16.5. The quantitative estimate of drug-likeness (QED) is 0.829. The average molecular weight is 303 g/mol. The van der Waals surface area contributed by atoms with E-state index in [1.807, 2.05) is 6.07 Å². The Morgan fingerprint density at radius 1 is 1.05 bits per heavy atom. The monoisotopic (exact) mass is 303 g/mol. The summed E-state index contributed by atoms with van der Waals surface area (Å²) in [4.78, 5) is 9.52. The fourth-order valence-electron chi connectivity index (χ4n) is 3.62. The van der Waals surface area contributed by atoms with Crippen molar-refractivity contribution in [2.75, 3.05) is 11.9 Å². The summed E-state index contributed by atoms with van der Waals surface area (Å²) in [5.41, 5.74) is 0. The number of nitrogens with zero attached hydrogens (tertiary/aromatic N) is 2. The second-order valence-corrected chi connectivity index (χ2v) is 6.76. The van der Waals surface area contributed by atoms with Crippen LogP contribution in [0.25, 0.3) is 0 Å². The Hall–Kier alpha value is -1.32. The summed E-state index contributed by atoms with van der Waals surface area (Å²) in [5, 5.41) is 3.61. The van der Waals surface area contributed by atoms with Crippen molar-refractivity contribution in [3.8, 4) is 5.88 Å². The third-order valence-electron chi connectivity index (χ3n) is 4.85. The van der Waals surface area contributed by atoms with Crippen molar-refractivity contribution >= 4 is 5.82 Å². The maximum absolute atomic E-state index is 5.80. The Kier molecular flexibility index (Phi) is 5.52. The standard InChI is InChI=1S/C18H29N3O/c1-2-12-22-17-13-16(19-15-10-6-7-11-15)20-18(21-17)14-8-4-3-5-9-14/h13-15H,2-12H2,1H3,(H,19,20,21). The van der Waals surface area contributed by atoms with Crippen molar-refractivity contribution in [2.45, 2.75) is 83.1 Å². The van der Waals surface area contributed by atoms with Gasteiger partial charge in [-0.25, -0.2) is 4.98 Å². The first kappa shape index (κ1) is 15.6. The zero-order valence-electron chi connectivity index (χ0n) is 13.8. The molecule has 3 rings (SSSR count). The zero-order valence-corrected chi connectivity index (χ0v) is 13.8. The average Bonchev–Trinajstić information content (AvgIpc) is 3.06. The Morgan fingerprint density at radius 2 is 1.77 bits per heavy atom. The maximum Gasteiger partial charge on any atom is 0.218 e. The van der Waals surface area contributed by atoms with E-state index >= 15 is 0 Å². The largest absolute Gasteiger partial charge is 0.478 e. The van der Waals surface area contributed by atoms with Crippen LogP contribution in [-0.2, 0) is 0 Å². The summed E-state index contributed by atoms with van der Waals surface area (Å²) in [6.07, 6.45) is 12.6. The van der Waals surface area contributed by atoms with Crippen LogP contribution in [0.3, 0.4) is 0 Å². The molecule has 1 N–H and O–H groups in total. The van der Waals surface area contributed by atoms with E-state index < -0.39 is 0 Å². The first-order chi connectivity index (χ1) is 10.8. The van der Waals surface area contributed by atoms with Crippen LogP contribution in [0, 0.1) is 0 Å². The van der Waals surface area contributed by atoms with Crippen LogP contribution in [0.1, 0.15) is 82.9 Å².